The van der Waals surface area contributed by atoms with Crippen molar-refractivity contribution in [2.24, 2.45) is 11.7 Å². The fourth-order valence-electron chi connectivity index (χ4n) is 1.73. The average molecular weight is 237 g/mol. The molecule has 17 heavy (non-hydrogen) atoms. The Morgan fingerprint density at radius 1 is 1.53 bits per heavy atom. The number of rotatable bonds is 5. The van der Waals surface area contributed by atoms with Gasteiger partial charge < -0.3 is 10.6 Å². The quantitative estimate of drug-likeness (QED) is 0.609. The van der Waals surface area contributed by atoms with E-state index in [-0.39, 0.29) is 17.6 Å². The topological polar surface area (TPSA) is 53.1 Å². The molecule has 3 N–H and O–H groups in total. The zero-order valence-electron chi connectivity index (χ0n) is 10.6. The number of hydrogen-bond acceptors (Lipinski definition) is 2. The van der Waals surface area contributed by atoms with E-state index in [0.717, 1.165) is 11.1 Å². The van der Waals surface area contributed by atoms with Gasteiger partial charge in [0.15, 0.2) is 0 Å². The van der Waals surface area contributed by atoms with Gasteiger partial charge in [-0.25, -0.2) is 4.39 Å². The molecule has 1 aromatic rings. The minimum atomic E-state index is -0.210. The first-order valence-electron chi connectivity index (χ1n) is 5.67. The molecule has 0 bridgehead atoms. The van der Waals surface area contributed by atoms with Crippen LogP contribution >= 0.6 is 0 Å². The van der Waals surface area contributed by atoms with E-state index >= 15 is 0 Å². The minimum absolute atomic E-state index is 0.0221. The third-order valence-electron chi connectivity index (χ3n) is 2.87. The third kappa shape index (κ3) is 4.15. The highest BCUT2D eigenvalue weighted by atomic mass is 19.1. The monoisotopic (exact) mass is 237 g/mol. The van der Waals surface area contributed by atoms with Crippen LogP contribution in [-0.2, 0) is 6.54 Å². The molecule has 0 radical (unpaired) electrons. The maximum absolute atomic E-state index is 13.1. The predicted molar refractivity (Wildman–Crippen MR) is 68.5 cm³/mol. The molecule has 0 aliphatic rings. The van der Waals surface area contributed by atoms with Crippen molar-refractivity contribution in [2.45, 2.75) is 20.4 Å². The molecule has 1 rings (SSSR count). The molecule has 0 aromatic heterocycles. The molecule has 0 heterocycles. The van der Waals surface area contributed by atoms with Gasteiger partial charge in [-0.1, -0.05) is 13.0 Å². The maximum Gasteiger partial charge on any atom is 0.123 e. The Morgan fingerprint density at radius 3 is 2.76 bits per heavy atom. The lowest BCUT2D eigenvalue weighted by atomic mass is 10.1. The first-order valence-corrected chi connectivity index (χ1v) is 5.67. The third-order valence-corrected chi connectivity index (χ3v) is 2.87. The number of benzene rings is 1. The van der Waals surface area contributed by atoms with Gasteiger partial charge in [0.2, 0.25) is 0 Å². The van der Waals surface area contributed by atoms with Crippen molar-refractivity contribution in [1.29, 1.82) is 5.41 Å². The van der Waals surface area contributed by atoms with Crippen molar-refractivity contribution in [2.75, 3.05) is 13.6 Å². The lowest BCUT2D eigenvalue weighted by Gasteiger charge is -2.21. The summed E-state index contributed by atoms with van der Waals surface area (Å²) in [6, 6.07) is 4.81. The molecule has 1 unspecified atom stereocenters. The largest absolute Gasteiger partial charge is 0.387 e. The van der Waals surface area contributed by atoms with Crippen LogP contribution < -0.4 is 5.73 Å². The zero-order chi connectivity index (χ0) is 13.0. The molecule has 3 nitrogen and oxygen atoms in total. The van der Waals surface area contributed by atoms with Gasteiger partial charge in [-0.05, 0) is 37.2 Å². The van der Waals surface area contributed by atoms with Crippen molar-refractivity contribution in [3.63, 3.8) is 0 Å². The van der Waals surface area contributed by atoms with Gasteiger partial charge in [0.25, 0.3) is 0 Å². The highest BCUT2D eigenvalue weighted by molar-refractivity contribution is 5.79. The maximum atomic E-state index is 13.1. The number of nitrogens with one attached hydrogen (secondary N) is 1. The van der Waals surface area contributed by atoms with E-state index in [1.54, 1.807) is 12.1 Å². The van der Waals surface area contributed by atoms with Crippen LogP contribution in [0.25, 0.3) is 0 Å². The first kappa shape index (κ1) is 13.6. The molecule has 4 heteroatoms. The second kappa shape index (κ2) is 5.77. The molecule has 0 saturated heterocycles. The van der Waals surface area contributed by atoms with Gasteiger partial charge in [-0.3, -0.25) is 5.41 Å². The van der Waals surface area contributed by atoms with Crippen molar-refractivity contribution < 1.29 is 4.39 Å². The van der Waals surface area contributed by atoms with E-state index in [0.29, 0.717) is 13.1 Å². The van der Waals surface area contributed by atoms with E-state index in [2.05, 4.69) is 0 Å². The van der Waals surface area contributed by atoms with Crippen LogP contribution in [-0.4, -0.2) is 24.3 Å². The average Bonchev–Trinajstić information content (AvgIpc) is 2.23. The Hall–Kier alpha value is -1.42. The van der Waals surface area contributed by atoms with E-state index in [4.69, 9.17) is 11.1 Å². The summed E-state index contributed by atoms with van der Waals surface area (Å²) in [7, 11) is 1.95. The Labute approximate surface area is 102 Å². The van der Waals surface area contributed by atoms with Crippen molar-refractivity contribution in [1.82, 2.24) is 4.90 Å². The van der Waals surface area contributed by atoms with Gasteiger partial charge in [-0.15, -0.1) is 0 Å². The standard InChI is InChI=1S/C13H20FN3/c1-9-4-5-12(14)6-11(9)8-17(3)7-10(2)13(15)16/h4-6,10H,7-8H2,1-3H3,(H3,15,16). The zero-order valence-corrected chi connectivity index (χ0v) is 10.6. The Bertz CT molecular complexity index is 404. The van der Waals surface area contributed by atoms with Crippen LogP contribution in [0.5, 0.6) is 0 Å². The van der Waals surface area contributed by atoms with Gasteiger partial charge >= 0.3 is 0 Å². The molecule has 0 amide bonds. The predicted octanol–water partition coefficient (Wildman–Crippen LogP) is 2.14. The van der Waals surface area contributed by atoms with E-state index in [1.165, 1.54) is 6.07 Å². The smallest absolute Gasteiger partial charge is 0.123 e. The van der Waals surface area contributed by atoms with Gasteiger partial charge in [0.1, 0.15) is 5.82 Å². The van der Waals surface area contributed by atoms with E-state index in [1.807, 2.05) is 25.8 Å². The summed E-state index contributed by atoms with van der Waals surface area (Å²) in [6.07, 6.45) is 0. The second-order valence-electron chi connectivity index (χ2n) is 4.62. The fourth-order valence-corrected chi connectivity index (χ4v) is 1.73. The number of hydrogen-bond donors (Lipinski definition) is 2. The van der Waals surface area contributed by atoms with Crippen LogP contribution in [0.1, 0.15) is 18.1 Å². The summed E-state index contributed by atoms with van der Waals surface area (Å²) in [6.45, 7) is 5.25. The second-order valence-corrected chi connectivity index (χ2v) is 4.62. The molecule has 0 aliphatic carbocycles. The van der Waals surface area contributed by atoms with Gasteiger partial charge in [0.05, 0.1) is 5.84 Å². The molecule has 0 spiro atoms. The number of nitrogens with two attached hydrogens (primary N) is 1. The first-order chi connectivity index (χ1) is 7.90. The molecule has 1 atom stereocenters. The van der Waals surface area contributed by atoms with Crippen molar-refractivity contribution in [3.8, 4) is 0 Å². The normalized spacial score (nSPS) is 12.8. The molecule has 1 aromatic carbocycles. The molecule has 0 aliphatic heterocycles. The van der Waals surface area contributed by atoms with Crippen molar-refractivity contribution >= 4 is 5.84 Å². The molecular weight excluding hydrogens is 217 g/mol. The van der Waals surface area contributed by atoms with Crippen LogP contribution in [0.4, 0.5) is 4.39 Å². The Kier molecular flexibility index (Phi) is 4.63. The van der Waals surface area contributed by atoms with Gasteiger partial charge in [-0.2, -0.15) is 0 Å². The number of nitrogens with zero attached hydrogens (tertiary/aromatic N) is 1. The molecule has 0 fully saturated rings. The van der Waals surface area contributed by atoms with E-state index in [9.17, 15) is 4.39 Å². The summed E-state index contributed by atoms with van der Waals surface area (Å²) in [5, 5.41) is 7.34. The van der Waals surface area contributed by atoms with Crippen LogP contribution in [0.2, 0.25) is 0 Å². The number of halogens is 1. The molecule has 94 valence electrons. The van der Waals surface area contributed by atoms with Crippen LogP contribution in [0.15, 0.2) is 18.2 Å². The van der Waals surface area contributed by atoms with Gasteiger partial charge in [0, 0.05) is 19.0 Å². The van der Waals surface area contributed by atoms with Crippen LogP contribution in [0.3, 0.4) is 0 Å². The highest BCUT2D eigenvalue weighted by Crippen LogP contribution is 2.13. The Morgan fingerprint density at radius 2 is 2.18 bits per heavy atom. The summed E-state index contributed by atoms with van der Waals surface area (Å²) >= 11 is 0. The highest BCUT2D eigenvalue weighted by Gasteiger charge is 2.10. The van der Waals surface area contributed by atoms with Crippen LogP contribution in [0, 0.1) is 24.1 Å². The summed E-state index contributed by atoms with van der Waals surface area (Å²) in [4.78, 5) is 2.05. The number of amidine groups is 1. The number of aryl methyl sites for hydroxylation is 1. The van der Waals surface area contributed by atoms with E-state index < -0.39 is 0 Å². The SMILES string of the molecule is Cc1ccc(F)cc1CN(C)CC(C)C(=N)N. The fraction of sp³-hybridized carbons (Fsp3) is 0.462. The lowest BCUT2D eigenvalue weighted by molar-refractivity contribution is 0.305. The minimum Gasteiger partial charge on any atom is -0.387 e. The summed E-state index contributed by atoms with van der Waals surface area (Å²) in [5.74, 6) is 0.000274. The Balaban J connectivity index is 2.64. The lowest BCUT2D eigenvalue weighted by Crippen LogP contribution is -2.31. The summed E-state index contributed by atoms with van der Waals surface area (Å²) < 4.78 is 13.1. The molecule has 0 saturated carbocycles. The van der Waals surface area contributed by atoms with Crippen molar-refractivity contribution in [3.05, 3.63) is 35.1 Å². The summed E-state index contributed by atoms with van der Waals surface area (Å²) in [5.41, 5.74) is 7.48. The molecular formula is C13H20FN3.